The van der Waals surface area contributed by atoms with Crippen LogP contribution < -0.4 is 14.8 Å². The van der Waals surface area contributed by atoms with Gasteiger partial charge in [0.25, 0.3) is 0 Å². The van der Waals surface area contributed by atoms with Crippen LogP contribution in [-0.4, -0.2) is 119 Å². The van der Waals surface area contributed by atoms with Gasteiger partial charge < -0.3 is 34.3 Å². The summed E-state index contributed by atoms with van der Waals surface area (Å²) in [6, 6.07) is 4.61. The fraction of sp³-hybridized carbons (Fsp3) is 0.617. The van der Waals surface area contributed by atoms with E-state index in [-0.39, 0.29) is 55.6 Å². The van der Waals surface area contributed by atoms with Crippen LogP contribution in [0, 0.1) is 34.5 Å². The summed E-state index contributed by atoms with van der Waals surface area (Å²) in [7, 11) is 0. The molecule has 16 heteroatoms. The van der Waals surface area contributed by atoms with Gasteiger partial charge in [-0.05, 0) is 74.8 Å². The molecular weight excluding hydrogens is 846 g/mol. The average Bonchev–Trinajstić information content (AvgIpc) is 3.91. The Morgan fingerprint density at radius 3 is 2.48 bits per heavy atom. The number of benzene rings is 1. The molecule has 1 amide bonds. The molecule has 8 atom stereocenters. The number of fused-ring (bicyclic) bond motifs is 2. The average molecular weight is 907 g/mol. The number of aliphatic carboxylic acids is 1. The molecule has 3 aliphatic carbocycles. The lowest BCUT2D eigenvalue weighted by Crippen LogP contribution is -2.48. The van der Waals surface area contributed by atoms with Crippen LogP contribution in [0.4, 0.5) is 5.13 Å². The summed E-state index contributed by atoms with van der Waals surface area (Å²) in [5, 5.41) is 17.2. The number of rotatable bonds is 18. The number of aromatic nitrogens is 2. The summed E-state index contributed by atoms with van der Waals surface area (Å²) in [5.41, 5.74) is -0.381. The summed E-state index contributed by atoms with van der Waals surface area (Å²) in [6.07, 6.45) is 3.70. The number of allylic oxidation sites excluding steroid dienone is 1. The number of nitrogens with one attached hydrogen (secondary N) is 1. The van der Waals surface area contributed by atoms with Gasteiger partial charge in [-0.2, -0.15) is 0 Å². The molecule has 3 saturated carbocycles. The summed E-state index contributed by atoms with van der Waals surface area (Å²) in [5.74, 6) is -1.22. The number of pyridine rings is 1. The predicted octanol–water partition coefficient (Wildman–Crippen LogP) is 7.52. The molecule has 2 saturated heterocycles. The molecule has 5 fully saturated rings. The van der Waals surface area contributed by atoms with Crippen molar-refractivity contribution in [3.63, 3.8) is 0 Å². The number of likely N-dealkylation sites (tertiary alicyclic amines) is 1. The Balaban J connectivity index is 1.09. The van der Waals surface area contributed by atoms with Crippen LogP contribution in [0.5, 0.6) is 11.5 Å². The van der Waals surface area contributed by atoms with E-state index in [1.807, 2.05) is 46.1 Å². The Morgan fingerprint density at radius 1 is 1.06 bits per heavy atom. The van der Waals surface area contributed by atoms with E-state index in [9.17, 15) is 24.3 Å². The molecule has 5 aliphatic rings. The van der Waals surface area contributed by atoms with Gasteiger partial charge in [0.1, 0.15) is 41.0 Å². The molecule has 4 heterocycles. The highest BCUT2D eigenvalue weighted by Crippen LogP contribution is 2.57. The maximum Gasteiger partial charge on any atom is 0.310 e. The molecule has 0 bridgehead atoms. The molecule has 2 aliphatic heterocycles. The Hall–Kier alpha value is -4.31. The van der Waals surface area contributed by atoms with E-state index in [0.717, 1.165) is 31.1 Å². The van der Waals surface area contributed by atoms with Gasteiger partial charge in [0.2, 0.25) is 5.91 Å². The van der Waals surface area contributed by atoms with Crippen LogP contribution in [0.1, 0.15) is 79.6 Å². The number of amides is 1. The third kappa shape index (κ3) is 10.0. The van der Waals surface area contributed by atoms with E-state index < -0.39 is 40.8 Å². The highest BCUT2D eigenvalue weighted by atomic mass is 35.5. The zero-order valence-electron chi connectivity index (χ0n) is 36.9. The Morgan fingerprint density at radius 2 is 1.81 bits per heavy atom. The van der Waals surface area contributed by atoms with E-state index in [4.69, 9.17) is 40.5 Å². The lowest BCUT2D eigenvalue weighted by molar-refractivity contribution is -0.157. The Bertz CT molecular complexity index is 2230. The van der Waals surface area contributed by atoms with Gasteiger partial charge >= 0.3 is 11.9 Å². The third-order valence-corrected chi connectivity index (χ3v) is 14.7. The molecule has 3 aromatic rings. The van der Waals surface area contributed by atoms with Crippen molar-refractivity contribution in [3.8, 4) is 22.9 Å². The van der Waals surface area contributed by atoms with Crippen LogP contribution in [0.25, 0.3) is 22.3 Å². The largest absolute Gasteiger partial charge is 0.491 e. The second-order valence-corrected chi connectivity index (χ2v) is 20.7. The smallest absolute Gasteiger partial charge is 0.310 e. The van der Waals surface area contributed by atoms with Gasteiger partial charge in [-0.25, -0.2) is 9.97 Å². The number of Topliss-reactive ketones (excluding diaryl/α,β-unsaturated/α-hetero) is 1. The third-order valence-electron chi connectivity index (χ3n) is 13.6. The second kappa shape index (κ2) is 18.3. The maximum atomic E-state index is 14.9. The summed E-state index contributed by atoms with van der Waals surface area (Å²) in [4.78, 5) is 68.9. The highest BCUT2D eigenvalue weighted by molar-refractivity contribution is 7.14. The SMILES string of the molecule is C=C[C@@H]1CC1(CC(=O)[C@@H]1C[C@@H](Oc2cc(-c3csc(NC(C)C)n3)nc3c(Cl)c(OCCN4CCOCC4)ccc23)CN1C(=O)[C@@H](CC(=O)OC1C[C@@H]2C[C@@H]2C1)C(C)(C)C)C(=O)O. The van der Waals surface area contributed by atoms with Crippen molar-refractivity contribution in [1.29, 1.82) is 0 Å². The van der Waals surface area contributed by atoms with Crippen molar-refractivity contribution in [3.05, 3.63) is 41.3 Å². The number of ketones is 1. The predicted molar refractivity (Wildman–Crippen MR) is 240 cm³/mol. The van der Waals surface area contributed by atoms with E-state index in [1.165, 1.54) is 22.7 Å². The number of carbonyl (C=O) groups excluding carboxylic acids is 3. The molecule has 8 rings (SSSR count). The van der Waals surface area contributed by atoms with Gasteiger partial charge in [0.15, 0.2) is 10.9 Å². The van der Waals surface area contributed by atoms with Crippen molar-refractivity contribution in [2.75, 3.05) is 51.3 Å². The molecule has 1 aromatic carbocycles. The number of esters is 1. The first-order chi connectivity index (χ1) is 30.0. The van der Waals surface area contributed by atoms with Crippen LogP contribution >= 0.6 is 22.9 Å². The van der Waals surface area contributed by atoms with Gasteiger partial charge in [-0.15, -0.1) is 17.9 Å². The number of hydrogen-bond acceptors (Lipinski definition) is 13. The molecule has 63 heavy (non-hydrogen) atoms. The Labute approximate surface area is 378 Å². The van der Waals surface area contributed by atoms with Gasteiger partial charge in [-0.1, -0.05) is 38.4 Å². The first-order valence-electron chi connectivity index (χ1n) is 22.4. The fourth-order valence-corrected chi connectivity index (χ4v) is 10.8. The molecule has 14 nitrogen and oxygen atoms in total. The second-order valence-electron chi connectivity index (χ2n) is 19.5. The molecule has 2 unspecified atom stereocenters. The monoisotopic (exact) mass is 905 g/mol. The molecule has 2 N–H and O–H groups in total. The van der Waals surface area contributed by atoms with Crippen LogP contribution in [0.15, 0.2) is 36.2 Å². The normalized spacial score (nSPS) is 27.2. The van der Waals surface area contributed by atoms with E-state index in [0.29, 0.717) is 83.4 Å². The van der Waals surface area contributed by atoms with Crippen molar-refractivity contribution >= 4 is 62.6 Å². The number of morpholine rings is 1. The molecule has 340 valence electrons. The number of carbonyl (C=O) groups is 4. The number of anilines is 1. The van der Waals surface area contributed by atoms with Crippen molar-refractivity contribution in [2.45, 2.75) is 104 Å². The first kappa shape index (κ1) is 45.3. The summed E-state index contributed by atoms with van der Waals surface area (Å²) in [6.45, 7) is 17.8. The number of hydrogen-bond donors (Lipinski definition) is 2. The lowest BCUT2D eigenvalue weighted by Gasteiger charge is -2.35. The highest BCUT2D eigenvalue weighted by Gasteiger charge is 2.61. The molecule has 0 radical (unpaired) electrons. The van der Waals surface area contributed by atoms with Crippen LogP contribution in [0.3, 0.4) is 0 Å². The number of thiazole rings is 1. The number of carboxylic acids is 1. The number of ether oxygens (including phenoxy) is 4. The summed E-state index contributed by atoms with van der Waals surface area (Å²) < 4.78 is 24.5. The van der Waals surface area contributed by atoms with Crippen molar-refractivity contribution in [2.24, 2.45) is 34.5 Å². The minimum absolute atomic E-state index is 0.0303. The number of halogens is 1. The molecular formula is C47H60ClN5O9S. The molecule has 2 aromatic heterocycles. The fourth-order valence-electron chi connectivity index (χ4n) is 9.69. The quantitative estimate of drug-likeness (QED) is 0.0951. The van der Waals surface area contributed by atoms with Gasteiger partial charge in [0.05, 0.1) is 54.8 Å². The Kier molecular flexibility index (Phi) is 13.1. The molecule has 0 spiro atoms. The maximum absolute atomic E-state index is 14.9. The number of nitrogens with zero attached hydrogens (tertiary/aromatic N) is 4. The van der Waals surface area contributed by atoms with Crippen LogP contribution in [0.2, 0.25) is 5.02 Å². The number of carboxylic acid groups (broad SMARTS) is 1. The van der Waals surface area contributed by atoms with Crippen molar-refractivity contribution in [1.82, 2.24) is 19.8 Å². The minimum Gasteiger partial charge on any atom is -0.491 e. The van der Waals surface area contributed by atoms with Crippen molar-refractivity contribution < 1.29 is 43.2 Å². The van der Waals surface area contributed by atoms with Gasteiger partial charge in [-0.3, -0.25) is 24.1 Å². The lowest BCUT2D eigenvalue weighted by atomic mass is 9.77. The zero-order chi connectivity index (χ0) is 44.8. The van der Waals surface area contributed by atoms with Gasteiger partial charge in [0, 0.05) is 55.4 Å². The van der Waals surface area contributed by atoms with E-state index in [1.54, 1.807) is 18.2 Å². The summed E-state index contributed by atoms with van der Waals surface area (Å²) >= 11 is 8.57. The van der Waals surface area contributed by atoms with E-state index in [2.05, 4.69) is 16.8 Å². The zero-order valence-corrected chi connectivity index (χ0v) is 38.5. The standard InChI is InChI=1S/C47H60ClN5O9S/c1-7-29-22-47(29,44(57)58)23-37(54)36-19-31(24-53(36)43(56)33(46(4,5)6)20-40(55)62-30-17-27-16-28(27)18-30)61-39-21-34(35-25-63-45(51-35)49-26(2)3)50-42-32(39)8-9-38(41(42)48)60-15-12-52-10-13-59-14-11-52/h7-9,21,25-31,33,36H,1,10-20,22-24H2,2-6H3,(H,49,51)(H,57,58)/t27-,28+,29-,30?,31-,33-,36+,47?/m1/s1. The first-order valence-corrected chi connectivity index (χ1v) is 23.6. The minimum atomic E-state index is -1.27. The van der Waals surface area contributed by atoms with E-state index >= 15 is 0 Å². The topological polar surface area (TPSA) is 170 Å². The van der Waals surface area contributed by atoms with Crippen LogP contribution in [-0.2, 0) is 28.7 Å².